The van der Waals surface area contributed by atoms with Crippen molar-refractivity contribution < 1.29 is 4.74 Å². The molecule has 1 atom stereocenters. The van der Waals surface area contributed by atoms with Crippen molar-refractivity contribution in [3.05, 3.63) is 6.42 Å². The van der Waals surface area contributed by atoms with E-state index in [-0.39, 0.29) is 5.38 Å². The van der Waals surface area contributed by atoms with E-state index >= 15 is 0 Å². The van der Waals surface area contributed by atoms with Crippen LogP contribution in [0.15, 0.2) is 0 Å². The van der Waals surface area contributed by atoms with E-state index in [2.05, 4.69) is 0 Å². The van der Waals surface area contributed by atoms with Crippen LogP contribution in [0.25, 0.3) is 0 Å². The van der Waals surface area contributed by atoms with Gasteiger partial charge in [-0.2, -0.15) is 0 Å². The molecule has 0 saturated heterocycles. The highest BCUT2D eigenvalue weighted by Gasteiger charge is 1.92. The summed E-state index contributed by atoms with van der Waals surface area (Å²) in [4.78, 5) is 0. The summed E-state index contributed by atoms with van der Waals surface area (Å²) in [6.45, 7) is 2.55. The molecule has 0 heterocycles. The molecule has 1 nitrogen and oxygen atoms in total. The minimum absolute atomic E-state index is 0.125. The fraction of sp³-hybridized carbons (Fsp3) is 0.800. The van der Waals surface area contributed by atoms with Gasteiger partial charge in [-0.25, -0.2) is 0 Å². The first-order valence-corrected chi connectivity index (χ1v) is 2.67. The molecule has 1 unspecified atom stereocenters. The smallest absolute Gasteiger partial charge is 0.0508 e. The van der Waals surface area contributed by atoms with E-state index in [1.807, 2.05) is 13.3 Å². The third-order valence-corrected chi connectivity index (χ3v) is 0.766. The molecule has 0 aliphatic rings. The lowest BCUT2D eigenvalue weighted by Crippen LogP contribution is -1.97. The van der Waals surface area contributed by atoms with Gasteiger partial charge in [-0.3, -0.25) is 0 Å². The van der Waals surface area contributed by atoms with Crippen LogP contribution in [-0.4, -0.2) is 19.1 Å². The number of hydrogen-bond acceptors (Lipinski definition) is 1. The lowest BCUT2D eigenvalue weighted by Gasteiger charge is -1.97. The Morgan fingerprint density at radius 2 is 2.43 bits per heavy atom. The Balaban J connectivity index is 2.68. The number of rotatable bonds is 3. The van der Waals surface area contributed by atoms with Crippen LogP contribution in [0, 0.1) is 6.42 Å². The summed E-state index contributed by atoms with van der Waals surface area (Å²) in [5, 5.41) is 0.125. The van der Waals surface area contributed by atoms with Crippen molar-refractivity contribution in [2.75, 3.05) is 13.7 Å². The largest absolute Gasteiger partial charge is 0.384 e. The summed E-state index contributed by atoms with van der Waals surface area (Å²) in [5.41, 5.74) is 0. The molecule has 0 aromatic carbocycles. The van der Waals surface area contributed by atoms with Gasteiger partial charge in [-0.1, -0.05) is 0 Å². The molecule has 0 saturated carbocycles. The molecule has 0 fully saturated rings. The molecule has 0 amide bonds. The van der Waals surface area contributed by atoms with E-state index in [9.17, 15) is 0 Å². The zero-order chi connectivity index (χ0) is 5.70. The average Bonchev–Trinajstić information content (AvgIpc) is 1.61. The maximum atomic E-state index is 5.52. The van der Waals surface area contributed by atoms with Crippen LogP contribution >= 0.6 is 11.6 Å². The van der Waals surface area contributed by atoms with Crippen LogP contribution in [0.3, 0.4) is 0 Å². The zero-order valence-electron chi connectivity index (χ0n) is 4.65. The van der Waals surface area contributed by atoms with E-state index in [4.69, 9.17) is 16.3 Å². The van der Waals surface area contributed by atoms with Gasteiger partial charge < -0.3 is 4.74 Å². The van der Waals surface area contributed by atoms with Gasteiger partial charge in [0, 0.05) is 18.9 Å². The number of ether oxygens (including phenoxy) is 1. The number of alkyl halides is 1. The quantitative estimate of drug-likeness (QED) is 0.514. The first-order chi connectivity index (χ1) is 3.27. The maximum Gasteiger partial charge on any atom is 0.0508 e. The van der Waals surface area contributed by atoms with Gasteiger partial charge in [0.15, 0.2) is 0 Å². The summed E-state index contributed by atoms with van der Waals surface area (Å²) >= 11 is 5.52. The van der Waals surface area contributed by atoms with E-state index in [0.29, 0.717) is 6.61 Å². The highest BCUT2D eigenvalue weighted by Crippen LogP contribution is 1.96. The number of halogens is 1. The third kappa shape index (κ3) is 6.25. The van der Waals surface area contributed by atoms with Crippen molar-refractivity contribution in [3.63, 3.8) is 0 Å². The second-order valence-corrected chi connectivity index (χ2v) is 2.06. The van der Waals surface area contributed by atoms with Crippen LogP contribution in [-0.2, 0) is 4.74 Å². The average molecular weight is 122 g/mol. The van der Waals surface area contributed by atoms with Gasteiger partial charge in [0.05, 0.1) is 6.61 Å². The fourth-order valence-corrected chi connectivity index (χ4v) is 0.302. The van der Waals surface area contributed by atoms with E-state index in [1.165, 1.54) is 0 Å². The molecular weight excluding hydrogens is 112 g/mol. The Kier molecular flexibility index (Phi) is 4.57. The number of methoxy groups -OCH3 is 1. The Hall–Kier alpha value is 0.250. The van der Waals surface area contributed by atoms with Crippen molar-refractivity contribution in [2.24, 2.45) is 0 Å². The van der Waals surface area contributed by atoms with Crippen LogP contribution in [0.4, 0.5) is 0 Å². The van der Waals surface area contributed by atoms with Crippen molar-refractivity contribution in [1.82, 2.24) is 0 Å². The summed E-state index contributed by atoms with van der Waals surface area (Å²) in [5.74, 6) is 0. The summed E-state index contributed by atoms with van der Waals surface area (Å²) in [6, 6.07) is 0. The van der Waals surface area contributed by atoms with Crippen molar-refractivity contribution >= 4 is 11.6 Å². The molecule has 1 radical (unpaired) electrons. The maximum absolute atomic E-state index is 5.52. The topological polar surface area (TPSA) is 9.23 Å². The summed E-state index contributed by atoms with van der Waals surface area (Å²) in [6.07, 6.45) is 1.89. The van der Waals surface area contributed by atoms with Crippen LogP contribution in [0.2, 0.25) is 0 Å². The molecule has 0 aromatic rings. The van der Waals surface area contributed by atoms with E-state index < -0.39 is 0 Å². The highest BCUT2D eigenvalue weighted by atomic mass is 35.5. The third-order valence-electron chi connectivity index (χ3n) is 0.588. The molecule has 0 aliphatic carbocycles. The zero-order valence-corrected chi connectivity index (χ0v) is 5.40. The van der Waals surface area contributed by atoms with Crippen LogP contribution < -0.4 is 0 Å². The molecule has 0 rings (SSSR count). The first-order valence-electron chi connectivity index (χ1n) is 2.23. The van der Waals surface area contributed by atoms with Crippen molar-refractivity contribution in [2.45, 2.75) is 12.3 Å². The second-order valence-electron chi connectivity index (χ2n) is 1.37. The monoisotopic (exact) mass is 121 g/mol. The molecule has 43 valence electrons. The molecule has 0 spiro atoms. The predicted molar refractivity (Wildman–Crippen MR) is 31.5 cm³/mol. The van der Waals surface area contributed by atoms with Gasteiger partial charge >= 0.3 is 0 Å². The summed E-state index contributed by atoms with van der Waals surface area (Å²) < 4.78 is 4.71. The SMILES string of the molecule is COC[CH]C(C)Cl. The second kappa shape index (κ2) is 4.41. The van der Waals surface area contributed by atoms with Gasteiger partial charge in [0.25, 0.3) is 0 Å². The first kappa shape index (κ1) is 7.25. The lowest BCUT2D eigenvalue weighted by molar-refractivity contribution is 0.221. The van der Waals surface area contributed by atoms with E-state index in [1.54, 1.807) is 7.11 Å². The molecule has 2 heteroatoms. The molecular formula is C5H10ClO. The fourth-order valence-electron chi connectivity index (χ4n) is 0.229. The van der Waals surface area contributed by atoms with Gasteiger partial charge in [0.1, 0.15) is 0 Å². The lowest BCUT2D eigenvalue weighted by atomic mass is 10.3. The Labute approximate surface area is 49.6 Å². The molecule has 0 bridgehead atoms. The standard InChI is InChI=1S/C5H10ClO/c1-5(6)3-4-7-2/h3,5H,4H2,1-2H3. The molecule has 0 aromatic heterocycles. The molecule has 0 aliphatic heterocycles. The van der Waals surface area contributed by atoms with Gasteiger partial charge in [0.2, 0.25) is 0 Å². The molecule has 7 heavy (non-hydrogen) atoms. The van der Waals surface area contributed by atoms with Crippen molar-refractivity contribution in [3.8, 4) is 0 Å². The minimum atomic E-state index is 0.125. The normalized spacial score (nSPS) is 14.1. The van der Waals surface area contributed by atoms with Crippen LogP contribution in [0.1, 0.15) is 6.92 Å². The van der Waals surface area contributed by atoms with Gasteiger partial charge in [-0.15, -0.1) is 11.6 Å². The van der Waals surface area contributed by atoms with E-state index in [0.717, 1.165) is 0 Å². The van der Waals surface area contributed by atoms with Crippen LogP contribution in [0.5, 0.6) is 0 Å². The highest BCUT2D eigenvalue weighted by molar-refractivity contribution is 6.21. The minimum Gasteiger partial charge on any atom is -0.384 e. The van der Waals surface area contributed by atoms with Crippen molar-refractivity contribution in [1.29, 1.82) is 0 Å². The number of hydrogen-bond donors (Lipinski definition) is 0. The van der Waals surface area contributed by atoms with Gasteiger partial charge in [-0.05, 0) is 6.92 Å². The summed E-state index contributed by atoms with van der Waals surface area (Å²) in [7, 11) is 1.65. The Bertz CT molecular complexity index is 37.1. The molecule has 0 N–H and O–H groups in total. The predicted octanol–water partition coefficient (Wildman–Crippen LogP) is 1.46. The Morgan fingerprint density at radius 1 is 1.86 bits per heavy atom. The Morgan fingerprint density at radius 3 is 2.57 bits per heavy atom.